The van der Waals surface area contributed by atoms with Crippen LogP contribution in [0.2, 0.25) is 0 Å². The molecule has 2 amide bonds. The molecule has 8 nitrogen and oxygen atoms in total. The van der Waals surface area contributed by atoms with Crippen molar-refractivity contribution in [1.82, 2.24) is 0 Å². The molecule has 0 aromatic heterocycles. The van der Waals surface area contributed by atoms with Crippen LogP contribution >= 0.6 is 0 Å². The van der Waals surface area contributed by atoms with Crippen LogP contribution in [0.1, 0.15) is 0 Å². The second kappa shape index (κ2) is 12.5. The van der Waals surface area contributed by atoms with E-state index in [2.05, 4.69) is 10.6 Å². The van der Waals surface area contributed by atoms with Crippen LogP contribution in [0.15, 0.2) is 121 Å². The summed E-state index contributed by atoms with van der Waals surface area (Å²) in [5, 5.41) is 9.48. The van der Waals surface area contributed by atoms with E-state index >= 15 is 0 Å². The molecule has 44 heavy (non-hydrogen) atoms. The van der Waals surface area contributed by atoms with Gasteiger partial charge in [-0.3, -0.25) is 9.59 Å². The van der Waals surface area contributed by atoms with Crippen molar-refractivity contribution in [2.24, 2.45) is 0 Å². The number of ether oxygens (including phenoxy) is 2. The van der Waals surface area contributed by atoms with E-state index in [1.807, 2.05) is 72.8 Å². The number of carbonyl (C=O) groups excluding carboxylic acids is 2. The van der Waals surface area contributed by atoms with Crippen molar-refractivity contribution in [3.05, 3.63) is 121 Å². The molecule has 0 saturated heterocycles. The summed E-state index contributed by atoms with van der Waals surface area (Å²) in [5.74, 6) is 0.373. The zero-order valence-electron chi connectivity index (χ0n) is 23.7. The van der Waals surface area contributed by atoms with Crippen LogP contribution in [0, 0.1) is 0 Å². The van der Waals surface area contributed by atoms with Gasteiger partial charge < -0.3 is 31.6 Å². The molecule has 0 radical (unpaired) electrons. The maximum atomic E-state index is 12.9. The molecule has 6 aromatic carbocycles. The number of fused-ring (bicyclic) bond motifs is 2. The molecule has 0 atom stereocenters. The maximum Gasteiger partial charge on any atom is 0.262 e. The average Bonchev–Trinajstić information content (AvgIpc) is 3.04. The number of nitrogens with one attached hydrogen (secondary N) is 2. The standard InChI is InChI=1S/C36H30N4O4/c37-25-11-15-27(16-12-25)39-33(41)21-43-31-19-9-23-5-1-3-7-29(23)35(31)36-30-8-4-2-6-24(30)10-20-32(36)44-22-34(42)40-28-17-13-26(38)14-18-28/h1-20H,21-22,37-38H2,(H,39,41)(H,40,42). The van der Waals surface area contributed by atoms with E-state index in [0.717, 1.165) is 32.7 Å². The lowest BCUT2D eigenvalue weighted by atomic mass is 9.92. The average molecular weight is 583 g/mol. The first kappa shape index (κ1) is 28.1. The van der Waals surface area contributed by atoms with Crippen LogP contribution in [0.25, 0.3) is 32.7 Å². The quantitative estimate of drug-likeness (QED) is 0.138. The van der Waals surface area contributed by atoms with Gasteiger partial charge in [-0.15, -0.1) is 0 Å². The second-order valence-corrected chi connectivity index (χ2v) is 10.2. The molecule has 0 saturated carbocycles. The number of carbonyl (C=O) groups is 2. The minimum Gasteiger partial charge on any atom is -0.483 e. The SMILES string of the molecule is Nc1ccc(NC(=O)COc2ccc3ccccc3c2-c2c(OCC(=O)Nc3ccc(N)cc3)ccc3ccccc23)cc1. The third kappa shape index (κ3) is 6.24. The molecule has 6 N–H and O–H groups in total. The Labute approximate surface area is 254 Å². The maximum absolute atomic E-state index is 12.9. The van der Waals surface area contributed by atoms with Gasteiger partial charge in [-0.25, -0.2) is 0 Å². The van der Waals surface area contributed by atoms with E-state index in [1.54, 1.807) is 48.5 Å². The number of rotatable bonds is 9. The summed E-state index contributed by atoms with van der Waals surface area (Å²) in [6.45, 7) is -0.443. The Morgan fingerprint density at radius 3 is 1.30 bits per heavy atom. The predicted octanol–water partition coefficient (Wildman–Crippen LogP) is 6.86. The van der Waals surface area contributed by atoms with Gasteiger partial charge in [0.05, 0.1) is 0 Å². The smallest absolute Gasteiger partial charge is 0.262 e. The minimum atomic E-state index is -0.317. The topological polar surface area (TPSA) is 129 Å². The van der Waals surface area contributed by atoms with Crippen molar-refractivity contribution in [2.45, 2.75) is 0 Å². The first-order valence-electron chi connectivity index (χ1n) is 14.0. The molecular weight excluding hydrogens is 552 g/mol. The van der Waals surface area contributed by atoms with Crippen LogP contribution in [0.4, 0.5) is 22.7 Å². The van der Waals surface area contributed by atoms with Gasteiger partial charge >= 0.3 is 0 Å². The summed E-state index contributed by atoms with van der Waals surface area (Å²) in [6.07, 6.45) is 0. The zero-order valence-corrected chi connectivity index (χ0v) is 23.7. The Balaban J connectivity index is 1.35. The van der Waals surface area contributed by atoms with Gasteiger partial charge in [-0.05, 0) is 82.2 Å². The Kier molecular flexibility index (Phi) is 7.96. The van der Waals surface area contributed by atoms with Crippen LogP contribution in [0.5, 0.6) is 11.5 Å². The largest absolute Gasteiger partial charge is 0.483 e. The Hall–Kier alpha value is -6.02. The highest BCUT2D eigenvalue weighted by molar-refractivity contribution is 6.10. The van der Waals surface area contributed by atoms with E-state index in [1.165, 1.54) is 0 Å². The van der Waals surface area contributed by atoms with Crippen molar-refractivity contribution in [3.8, 4) is 22.6 Å². The highest BCUT2D eigenvalue weighted by Gasteiger charge is 2.20. The van der Waals surface area contributed by atoms with Gasteiger partial charge in [0.1, 0.15) is 11.5 Å². The van der Waals surface area contributed by atoms with Crippen LogP contribution in [-0.2, 0) is 9.59 Å². The number of hydrogen-bond donors (Lipinski definition) is 4. The summed E-state index contributed by atoms with van der Waals surface area (Å²) in [5.41, 5.74) is 15.5. The van der Waals surface area contributed by atoms with Gasteiger partial charge in [0.15, 0.2) is 13.2 Å². The molecule has 0 bridgehead atoms. The fourth-order valence-electron chi connectivity index (χ4n) is 5.07. The number of benzene rings is 6. The lowest BCUT2D eigenvalue weighted by Crippen LogP contribution is -2.21. The van der Waals surface area contributed by atoms with Crippen molar-refractivity contribution in [3.63, 3.8) is 0 Å². The molecule has 0 aliphatic rings. The lowest BCUT2D eigenvalue weighted by molar-refractivity contribution is -0.118. The first-order valence-corrected chi connectivity index (χ1v) is 14.0. The van der Waals surface area contributed by atoms with E-state index in [4.69, 9.17) is 20.9 Å². The van der Waals surface area contributed by atoms with Crippen molar-refractivity contribution in [2.75, 3.05) is 35.3 Å². The number of amides is 2. The second-order valence-electron chi connectivity index (χ2n) is 10.2. The molecule has 6 aromatic rings. The molecule has 8 heteroatoms. The summed E-state index contributed by atoms with van der Waals surface area (Å²) in [6, 6.07) is 37.3. The number of nitrogens with two attached hydrogens (primary N) is 2. The molecule has 0 aliphatic carbocycles. The van der Waals surface area contributed by atoms with Gasteiger partial charge in [0.25, 0.3) is 11.8 Å². The summed E-state index contributed by atoms with van der Waals surface area (Å²) in [7, 11) is 0. The Morgan fingerprint density at radius 2 is 0.886 bits per heavy atom. The number of nitrogen functional groups attached to an aromatic ring is 2. The van der Waals surface area contributed by atoms with Crippen molar-refractivity contribution >= 4 is 56.1 Å². The minimum absolute atomic E-state index is 0.222. The fourth-order valence-corrected chi connectivity index (χ4v) is 5.07. The molecule has 0 spiro atoms. The van der Waals surface area contributed by atoms with Crippen LogP contribution < -0.4 is 31.6 Å². The van der Waals surface area contributed by atoms with E-state index < -0.39 is 0 Å². The predicted molar refractivity (Wildman–Crippen MR) is 177 cm³/mol. The number of anilines is 4. The molecule has 0 fully saturated rings. The van der Waals surface area contributed by atoms with Crippen molar-refractivity contribution < 1.29 is 19.1 Å². The molecule has 6 rings (SSSR count). The molecule has 0 unspecified atom stereocenters. The molecular formula is C36H30N4O4. The van der Waals surface area contributed by atoms with Crippen molar-refractivity contribution in [1.29, 1.82) is 0 Å². The highest BCUT2D eigenvalue weighted by Crippen LogP contribution is 2.45. The summed E-state index contributed by atoms with van der Waals surface area (Å²) in [4.78, 5) is 25.7. The van der Waals surface area contributed by atoms with Crippen LogP contribution in [0.3, 0.4) is 0 Å². The summed E-state index contributed by atoms with van der Waals surface area (Å²) >= 11 is 0. The Morgan fingerprint density at radius 1 is 0.500 bits per heavy atom. The van der Waals surface area contributed by atoms with Crippen LogP contribution in [-0.4, -0.2) is 25.0 Å². The molecule has 0 heterocycles. The third-order valence-corrected chi connectivity index (χ3v) is 7.14. The molecule has 218 valence electrons. The molecule has 0 aliphatic heterocycles. The Bertz CT molecular complexity index is 1830. The van der Waals surface area contributed by atoms with Gasteiger partial charge in [0.2, 0.25) is 0 Å². The highest BCUT2D eigenvalue weighted by atomic mass is 16.5. The lowest BCUT2D eigenvalue weighted by Gasteiger charge is -2.19. The van der Waals surface area contributed by atoms with E-state index in [-0.39, 0.29) is 25.0 Å². The van der Waals surface area contributed by atoms with Gasteiger partial charge in [-0.1, -0.05) is 60.7 Å². The van der Waals surface area contributed by atoms with E-state index in [9.17, 15) is 9.59 Å². The van der Waals surface area contributed by atoms with E-state index in [0.29, 0.717) is 34.2 Å². The monoisotopic (exact) mass is 582 g/mol. The first-order chi connectivity index (χ1) is 21.4. The summed E-state index contributed by atoms with van der Waals surface area (Å²) < 4.78 is 12.4. The fraction of sp³-hybridized carbons (Fsp3) is 0.0556. The number of hydrogen-bond acceptors (Lipinski definition) is 6. The van der Waals surface area contributed by atoms with Gasteiger partial charge in [-0.2, -0.15) is 0 Å². The third-order valence-electron chi connectivity index (χ3n) is 7.14. The normalized spacial score (nSPS) is 10.8. The van der Waals surface area contributed by atoms with Gasteiger partial charge in [0, 0.05) is 33.9 Å². The zero-order chi connectivity index (χ0) is 30.5.